The number of carbonyl (C=O) groups is 3. The highest BCUT2D eigenvalue weighted by Crippen LogP contribution is 2.49. The van der Waals surface area contributed by atoms with Crippen molar-refractivity contribution in [3.05, 3.63) is 46.8 Å². The minimum absolute atomic E-state index is 0.0920. The van der Waals surface area contributed by atoms with E-state index in [1.54, 1.807) is 5.32 Å². The summed E-state index contributed by atoms with van der Waals surface area (Å²) < 4.78 is 72.1. The first-order valence-electron chi connectivity index (χ1n) is 9.26. The molecule has 1 aliphatic carbocycles. The van der Waals surface area contributed by atoms with E-state index >= 15 is 0 Å². The van der Waals surface area contributed by atoms with E-state index in [0.29, 0.717) is 0 Å². The lowest BCUT2D eigenvalue weighted by molar-refractivity contribution is -0.169. The average molecular weight is 459 g/mol. The number of ketones is 1. The highest BCUT2D eigenvalue weighted by molar-refractivity contribution is 6.43. The van der Waals surface area contributed by atoms with Gasteiger partial charge in [-0.3, -0.25) is 14.4 Å². The monoisotopic (exact) mass is 459 g/mol. The largest absolute Gasteiger partial charge is 0.493 e. The van der Waals surface area contributed by atoms with Crippen LogP contribution in [0.1, 0.15) is 39.4 Å². The number of alkyl halides is 3. The molecule has 0 aliphatic heterocycles. The number of rotatable bonds is 6. The molecule has 1 aliphatic rings. The van der Waals surface area contributed by atoms with Gasteiger partial charge >= 0.3 is 6.18 Å². The summed E-state index contributed by atoms with van der Waals surface area (Å²) >= 11 is 0. The van der Waals surface area contributed by atoms with E-state index in [1.165, 1.54) is 14.0 Å². The third-order valence-electron chi connectivity index (χ3n) is 5.32. The number of aromatic nitrogens is 1. The Morgan fingerprint density at radius 2 is 1.75 bits per heavy atom. The van der Waals surface area contributed by atoms with E-state index in [-0.39, 0.29) is 35.5 Å². The minimum atomic E-state index is -4.72. The summed E-state index contributed by atoms with van der Waals surface area (Å²) in [6.07, 6.45) is -5.41. The maximum absolute atomic E-state index is 13.4. The molecule has 1 heterocycles. The maximum Gasteiger partial charge on any atom is 0.411 e. The predicted molar refractivity (Wildman–Crippen MR) is 102 cm³/mol. The average Bonchev–Trinajstić information content (AvgIpc) is 3.45. The van der Waals surface area contributed by atoms with Gasteiger partial charge < -0.3 is 19.9 Å². The Morgan fingerprint density at radius 1 is 1.12 bits per heavy atom. The zero-order chi connectivity index (χ0) is 24.0. The van der Waals surface area contributed by atoms with Crippen molar-refractivity contribution in [2.75, 3.05) is 12.4 Å². The lowest BCUT2D eigenvalue weighted by atomic mass is 10.1. The summed E-state index contributed by atoms with van der Waals surface area (Å²) in [7, 11) is 2.43. The highest BCUT2D eigenvalue weighted by atomic mass is 19.4. The molecular formula is C20H18F5N3O4. The normalized spacial score (nSPS) is 14.6. The number of methoxy groups -OCH3 is 1. The molecule has 2 amide bonds. The summed E-state index contributed by atoms with van der Waals surface area (Å²) in [6, 6.07) is 2.64. The number of nitrogens with zero attached hydrogens (tertiary/aromatic N) is 1. The fraction of sp³-hybridized carbons (Fsp3) is 0.350. The van der Waals surface area contributed by atoms with E-state index in [4.69, 9.17) is 4.74 Å². The Hall–Kier alpha value is -3.44. The molecule has 2 N–H and O–H groups in total. The predicted octanol–water partition coefficient (Wildman–Crippen LogP) is 3.27. The van der Waals surface area contributed by atoms with Gasteiger partial charge in [-0.15, -0.1) is 0 Å². The van der Waals surface area contributed by atoms with Crippen LogP contribution in [-0.2, 0) is 11.8 Å². The lowest BCUT2D eigenvalue weighted by Crippen LogP contribution is -2.50. The first kappa shape index (κ1) is 23.2. The first-order valence-corrected chi connectivity index (χ1v) is 9.26. The molecule has 12 heteroatoms. The number of amides is 2. The maximum atomic E-state index is 13.4. The number of nitrogens with one attached hydrogen (secondary N) is 2. The van der Waals surface area contributed by atoms with E-state index in [0.717, 1.165) is 29.9 Å². The number of halogens is 5. The second-order valence-electron chi connectivity index (χ2n) is 7.35. The van der Waals surface area contributed by atoms with Crippen molar-refractivity contribution in [3.8, 4) is 5.75 Å². The van der Waals surface area contributed by atoms with Crippen molar-refractivity contribution >= 4 is 23.3 Å². The van der Waals surface area contributed by atoms with Crippen molar-refractivity contribution in [2.45, 2.75) is 31.5 Å². The number of hydrogen-bond donors (Lipinski definition) is 2. The SMILES string of the molecule is COc1c(C(=O)Nc2ccc(F)c(F)c2)c(C)n(C)c1C(=O)C(=O)NC1(C(F)(F)F)CC1. The van der Waals surface area contributed by atoms with Gasteiger partial charge in [0.05, 0.1) is 7.11 Å². The van der Waals surface area contributed by atoms with Crippen LogP contribution in [0.2, 0.25) is 0 Å². The van der Waals surface area contributed by atoms with E-state index < -0.39 is 46.6 Å². The van der Waals surface area contributed by atoms with Gasteiger partial charge in [0.15, 0.2) is 17.4 Å². The van der Waals surface area contributed by atoms with Crippen molar-refractivity contribution in [1.29, 1.82) is 0 Å². The van der Waals surface area contributed by atoms with Crippen molar-refractivity contribution < 1.29 is 41.1 Å². The molecule has 0 radical (unpaired) electrons. The van der Waals surface area contributed by atoms with Crippen LogP contribution in [0.3, 0.4) is 0 Å². The number of carbonyl (C=O) groups excluding carboxylic acids is 3. The van der Waals surface area contributed by atoms with E-state index in [9.17, 15) is 36.3 Å². The topological polar surface area (TPSA) is 89.4 Å². The quantitative estimate of drug-likeness (QED) is 0.394. The Morgan fingerprint density at radius 3 is 2.25 bits per heavy atom. The van der Waals surface area contributed by atoms with Gasteiger partial charge in [-0.1, -0.05) is 0 Å². The van der Waals surface area contributed by atoms with Crippen LogP contribution < -0.4 is 15.4 Å². The lowest BCUT2D eigenvalue weighted by Gasteiger charge is -2.20. The fourth-order valence-electron chi connectivity index (χ4n) is 3.25. The van der Waals surface area contributed by atoms with Crippen LogP contribution in [0.25, 0.3) is 0 Å². The zero-order valence-electron chi connectivity index (χ0n) is 17.1. The number of Topliss-reactive ketones (excluding diaryl/α,β-unsaturated/α-hetero) is 1. The molecule has 32 heavy (non-hydrogen) atoms. The van der Waals surface area contributed by atoms with Gasteiger partial charge in [-0.25, -0.2) is 8.78 Å². The molecule has 0 unspecified atom stereocenters. The molecule has 0 spiro atoms. The smallest absolute Gasteiger partial charge is 0.411 e. The molecule has 172 valence electrons. The summed E-state index contributed by atoms with van der Waals surface area (Å²) in [6.45, 7) is 1.41. The summed E-state index contributed by atoms with van der Waals surface area (Å²) in [4.78, 5) is 37.8. The molecule has 2 aromatic rings. The number of anilines is 1. The van der Waals surface area contributed by atoms with Gasteiger partial charge in [0.1, 0.15) is 16.8 Å². The Bertz CT molecular complexity index is 1120. The number of hydrogen-bond acceptors (Lipinski definition) is 4. The first-order chi connectivity index (χ1) is 14.8. The van der Waals surface area contributed by atoms with Gasteiger partial charge in [-0.2, -0.15) is 13.2 Å². The molecule has 1 aromatic carbocycles. The van der Waals surface area contributed by atoms with Crippen LogP contribution in [0.5, 0.6) is 5.75 Å². The molecular weight excluding hydrogens is 441 g/mol. The van der Waals surface area contributed by atoms with Crippen LogP contribution in [-0.4, -0.2) is 41.0 Å². The number of benzene rings is 1. The summed E-state index contributed by atoms with van der Waals surface area (Å²) in [5.41, 5.74) is -3.02. The molecule has 7 nitrogen and oxygen atoms in total. The Kier molecular flexibility index (Phi) is 5.75. The zero-order valence-corrected chi connectivity index (χ0v) is 17.1. The van der Waals surface area contributed by atoms with Gasteiger partial charge in [0.2, 0.25) is 0 Å². The second-order valence-corrected chi connectivity index (χ2v) is 7.35. The van der Waals surface area contributed by atoms with E-state index in [2.05, 4.69) is 5.32 Å². The van der Waals surface area contributed by atoms with Crippen LogP contribution >= 0.6 is 0 Å². The second kappa shape index (κ2) is 7.92. The Balaban J connectivity index is 1.92. The minimum Gasteiger partial charge on any atom is -0.493 e. The molecule has 1 fully saturated rings. The summed E-state index contributed by atoms with van der Waals surface area (Å²) in [5.74, 6) is -6.36. The van der Waals surface area contributed by atoms with Crippen LogP contribution in [0.4, 0.5) is 27.6 Å². The van der Waals surface area contributed by atoms with Crippen molar-refractivity contribution in [3.63, 3.8) is 0 Å². The van der Waals surface area contributed by atoms with Crippen LogP contribution in [0, 0.1) is 18.6 Å². The molecule has 0 atom stereocenters. The Labute approximate surface area is 178 Å². The van der Waals surface area contributed by atoms with Gasteiger partial charge in [-0.05, 0) is 31.9 Å². The van der Waals surface area contributed by atoms with Crippen LogP contribution in [0.15, 0.2) is 18.2 Å². The van der Waals surface area contributed by atoms with Crippen molar-refractivity contribution in [1.82, 2.24) is 9.88 Å². The highest BCUT2D eigenvalue weighted by Gasteiger charge is 2.64. The number of ether oxygens (including phenoxy) is 1. The molecule has 3 rings (SSSR count). The summed E-state index contributed by atoms with van der Waals surface area (Å²) in [5, 5.41) is 4.05. The molecule has 1 aromatic heterocycles. The molecule has 0 saturated heterocycles. The molecule has 1 saturated carbocycles. The van der Waals surface area contributed by atoms with Crippen molar-refractivity contribution in [2.24, 2.45) is 7.05 Å². The third kappa shape index (κ3) is 3.92. The third-order valence-corrected chi connectivity index (χ3v) is 5.32. The molecule has 0 bridgehead atoms. The van der Waals surface area contributed by atoms with E-state index in [1.807, 2.05) is 0 Å². The van der Waals surface area contributed by atoms with Gasteiger partial charge in [0.25, 0.3) is 17.6 Å². The fourth-order valence-corrected chi connectivity index (χ4v) is 3.25. The standard InChI is InChI=1S/C20H18F5N3O4/c1-9-13(17(30)26-10-4-5-11(21)12(22)8-10)16(32-3)14(28(9)2)15(29)18(31)27-19(6-7-19)20(23,24)25/h4-5,8H,6-7H2,1-3H3,(H,26,30)(H,27,31). The van der Waals surface area contributed by atoms with Gasteiger partial charge in [0, 0.05) is 24.5 Å².